The first-order valence-electron chi connectivity index (χ1n) is 4.51. The average Bonchev–Trinajstić information content (AvgIpc) is 2.76. The number of hydrogen-bond donors (Lipinski definition) is 1. The van der Waals surface area contributed by atoms with Crippen molar-refractivity contribution in [1.82, 2.24) is 14.8 Å². The van der Waals surface area contributed by atoms with Crippen molar-refractivity contribution in [2.75, 3.05) is 0 Å². The molecule has 2 aromatic rings. The minimum Gasteiger partial charge on any atom is -0.271 e. The van der Waals surface area contributed by atoms with Crippen LogP contribution in [0.25, 0.3) is 5.69 Å². The van der Waals surface area contributed by atoms with Gasteiger partial charge in [-0.1, -0.05) is 6.92 Å². The summed E-state index contributed by atoms with van der Waals surface area (Å²) in [6.07, 6.45) is 2.02. The molecular formula is C9H11N3S2. The van der Waals surface area contributed by atoms with Crippen molar-refractivity contribution >= 4 is 23.6 Å². The zero-order valence-corrected chi connectivity index (χ0v) is 9.49. The highest BCUT2D eigenvalue weighted by Gasteiger charge is 2.06. The highest BCUT2D eigenvalue weighted by Crippen LogP contribution is 2.15. The SMILES string of the molecule is CCCc1n[nH]c(=S)n1-c1ccsc1. The first-order chi connectivity index (χ1) is 6.83. The van der Waals surface area contributed by atoms with Crippen LogP contribution in [-0.4, -0.2) is 14.8 Å². The van der Waals surface area contributed by atoms with Gasteiger partial charge in [0.05, 0.1) is 5.69 Å². The Morgan fingerprint density at radius 3 is 3.14 bits per heavy atom. The number of aryl methyl sites for hydroxylation is 1. The molecule has 0 aromatic carbocycles. The summed E-state index contributed by atoms with van der Waals surface area (Å²) in [5.41, 5.74) is 1.11. The molecule has 0 fully saturated rings. The summed E-state index contributed by atoms with van der Waals surface area (Å²) < 4.78 is 2.67. The van der Waals surface area contributed by atoms with E-state index in [9.17, 15) is 0 Å². The Morgan fingerprint density at radius 1 is 1.64 bits per heavy atom. The molecular weight excluding hydrogens is 214 g/mol. The van der Waals surface area contributed by atoms with Crippen LogP contribution in [0.1, 0.15) is 19.2 Å². The van der Waals surface area contributed by atoms with E-state index in [0.29, 0.717) is 4.77 Å². The summed E-state index contributed by atoms with van der Waals surface area (Å²) in [4.78, 5) is 0. The van der Waals surface area contributed by atoms with Gasteiger partial charge in [-0.15, -0.1) is 0 Å². The molecule has 0 saturated heterocycles. The van der Waals surface area contributed by atoms with Crippen molar-refractivity contribution in [2.45, 2.75) is 19.8 Å². The molecule has 0 bridgehead atoms. The van der Waals surface area contributed by atoms with E-state index in [-0.39, 0.29) is 0 Å². The fourth-order valence-corrected chi connectivity index (χ4v) is 2.25. The molecule has 14 heavy (non-hydrogen) atoms. The predicted molar refractivity (Wildman–Crippen MR) is 60.6 cm³/mol. The molecule has 0 aliphatic carbocycles. The third-order valence-electron chi connectivity index (χ3n) is 1.98. The second-order valence-corrected chi connectivity index (χ2v) is 4.18. The molecule has 0 radical (unpaired) electrons. The third-order valence-corrected chi connectivity index (χ3v) is 2.92. The van der Waals surface area contributed by atoms with Crippen LogP contribution in [-0.2, 0) is 6.42 Å². The maximum atomic E-state index is 5.18. The van der Waals surface area contributed by atoms with Crippen molar-refractivity contribution in [2.24, 2.45) is 0 Å². The van der Waals surface area contributed by atoms with Crippen molar-refractivity contribution in [3.63, 3.8) is 0 Å². The van der Waals surface area contributed by atoms with Gasteiger partial charge in [-0.25, -0.2) is 0 Å². The first kappa shape index (κ1) is 9.61. The smallest absolute Gasteiger partial charge is 0.199 e. The zero-order valence-electron chi connectivity index (χ0n) is 7.86. The maximum Gasteiger partial charge on any atom is 0.199 e. The Kier molecular flexibility index (Phi) is 2.79. The fourth-order valence-electron chi connectivity index (χ4n) is 1.37. The first-order valence-corrected chi connectivity index (χ1v) is 5.87. The van der Waals surface area contributed by atoms with Crippen LogP contribution in [0.5, 0.6) is 0 Å². The van der Waals surface area contributed by atoms with Crippen LogP contribution < -0.4 is 0 Å². The van der Waals surface area contributed by atoms with E-state index in [4.69, 9.17) is 12.2 Å². The molecule has 2 rings (SSSR count). The molecule has 2 aromatic heterocycles. The normalized spacial score (nSPS) is 10.6. The largest absolute Gasteiger partial charge is 0.271 e. The van der Waals surface area contributed by atoms with E-state index in [0.717, 1.165) is 24.4 Å². The summed E-state index contributed by atoms with van der Waals surface area (Å²) >= 11 is 6.85. The quantitative estimate of drug-likeness (QED) is 0.815. The lowest BCUT2D eigenvalue weighted by atomic mass is 10.3. The van der Waals surface area contributed by atoms with Gasteiger partial charge >= 0.3 is 0 Å². The number of nitrogens with one attached hydrogen (secondary N) is 1. The third kappa shape index (κ3) is 1.65. The monoisotopic (exact) mass is 225 g/mol. The van der Waals surface area contributed by atoms with Crippen molar-refractivity contribution < 1.29 is 0 Å². The number of thiophene rings is 1. The Morgan fingerprint density at radius 2 is 2.50 bits per heavy atom. The minimum absolute atomic E-state index is 0.673. The standard InChI is InChI=1S/C9H11N3S2/c1-2-3-8-10-11-9(13)12(8)7-4-5-14-6-7/h4-6H,2-3H2,1H3,(H,11,13). The van der Waals surface area contributed by atoms with Crippen molar-refractivity contribution in [1.29, 1.82) is 0 Å². The Labute approximate surface area is 91.4 Å². The van der Waals surface area contributed by atoms with E-state index >= 15 is 0 Å². The van der Waals surface area contributed by atoms with E-state index in [2.05, 4.69) is 28.6 Å². The molecule has 5 heteroatoms. The molecule has 0 aliphatic heterocycles. The Balaban J connectivity index is 2.50. The number of H-pyrrole nitrogens is 1. The van der Waals surface area contributed by atoms with Crippen LogP contribution in [0.15, 0.2) is 16.8 Å². The van der Waals surface area contributed by atoms with Gasteiger partial charge in [0.15, 0.2) is 4.77 Å². The van der Waals surface area contributed by atoms with Gasteiger partial charge in [0.1, 0.15) is 5.82 Å². The van der Waals surface area contributed by atoms with Gasteiger partial charge in [0, 0.05) is 11.8 Å². The molecule has 0 atom stereocenters. The van der Waals surface area contributed by atoms with Crippen LogP contribution in [0.4, 0.5) is 0 Å². The van der Waals surface area contributed by atoms with Gasteiger partial charge < -0.3 is 0 Å². The van der Waals surface area contributed by atoms with Crippen molar-refractivity contribution in [3.05, 3.63) is 27.4 Å². The molecule has 0 unspecified atom stereocenters. The number of aromatic amines is 1. The molecule has 0 spiro atoms. The van der Waals surface area contributed by atoms with Crippen LogP contribution in [0.3, 0.4) is 0 Å². The lowest BCUT2D eigenvalue weighted by Gasteiger charge is -2.01. The maximum absolute atomic E-state index is 5.18. The number of nitrogens with zero attached hydrogens (tertiary/aromatic N) is 2. The van der Waals surface area contributed by atoms with Crippen LogP contribution in [0, 0.1) is 4.77 Å². The number of rotatable bonds is 3. The molecule has 2 heterocycles. The lowest BCUT2D eigenvalue weighted by molar-refractivity contribution is 0.802. The van der Waals surface area contributed by atoms with Gasteiger partial charge in [-0.2, -0.15) is 16.4 Å². The number of hydrogen-bond acceptors (Lipinski definition) is 3. The van der Waals surface area contributed by atoms with Gasteiger partial charge in [0.25, 0.3) is 0 Å². The second kappa shape index (κ2) is 4.06. The lowest BCUT2D eigenvalue weighted by Crippen LogP contribution is -1.99. The zero-order chi connectivity index (χ0) is 9.97. The van der Waals surface area contributed by atoms with E-state index in [1.807, 2.05) is 9.95 Å². The van der Waals surface area contributed by atoms with Crippen LogP contribution in [0.2, 0.25) is 0 Å². The average molecular weight is 225 g/mol. The fraction of sp³-hybridized carbons (Fsp3) is 0.333. The molecule has 3 nitrogen and oxygen atoms in total. The second-order valence-electron chi connectivity index (χ2n) is 3.01. The van der Waals surface area contributed by atoms with Gasteiger partial charge in [0.2, 0.25) is 0 Å². The summed E-state index contributed by atoms with van der Waals surface area (Å²) in [6, 6.07) is 2.05. The molecule has 0 aliphatic rings. The predicted octanol–water partition coefficient (Wildman–Crippen LogP) is 2.94. The number of aromatic nitrogens is 3. The molecule has 74 valence electrons. The van der Waals surface area contributed by atoms with Crippen molar-refractivity contribution in [3.8, 4) is 5.69 Å². The van der Waals surface area contributed by atoms with Gasteiger partial charge in [-0.3, -0.25) is 9.67 Å². The highest BCUT2D eigenvalue weighted by atomic mass is 32.1. The van der Waals surface area contributed by atoms with Crippen LogP contribution >= 0.6 is 23.6 Å². The molecule has 1 N–H and O–H groups in total. The van der Waals surface area contributed by atoms with E-state index < -0.39 is 0 Å². The Bertz CT molecular complexity index is 453. The molecule has 0 amide bonds. The van der Waals surface area contributed by atoms with E-state index in [1.54, 1.807) is 11.3 Å². The summed E-state index contributed by atoms with van der Waals surface area (Å²) in [6.45, 7) is 2.13. The summed E-state index contributed by atoms with van der Waals surface area (Å²) in [7, 11) is 0. The van der Waals surface area contributed by atoms with Gasteiger partial charge in [-0.05, 0) is 30.1 Å². The highest BCUT2D eigenvalue weighted by molar-refractivity contribution is 7.71. The Hall–Kier alpha value is -0.940. The minimum atomic E-state index is 0.673. The summed E-state index contributed by atoms with van der Waals surface area (Å²) in [5, 5.41) is 11.2. The molecule has 0 saturated carbocycles. The topological polar surface area (TPSA) is 33.6 Å². The van der Waals surface area contributed by atoms with E-state index in [1.165, 1.54) is 0 Å². The summed E-state index contributed by atoms with van der Waals surface area (Å²) in [5.74, 6) is 1.01.